The van der Waals surface area contributed by atoms with E-state index in [9.17, 15) is 4.39 Å². The van der Waals surface area contributed by atoms with Crippen LogP contribution in [0.3, 0.4) is 0 Å². The first kappa shape index (κ1) is 23.3. The predicted molar refractivity (Wildman–Crippen MR) is 134 cm³/mol. The average Bonchev–Trinajstić information content (AvgIpc) is 3.29. The van der Waals surface area contributed by atoms with Crippen LogP contribution >= 0.6 is 0 Å². The van der Waals surface area contributed by atoms with Crippen LogP contribution in [-0.2, 0) is 4.74 Å². The summed E-state index contributed by atoms with van der Waals surface area (Å²) < 4.78 is 26.3. The molecule has 2 aromatic rings. The summed E-state index contributed by atoms with van der Waals surface area (Å²) in [6, 6.07) is 10.2. The zero-order valence-electron chi connectivity index (χ0n) is 20.3. The minimum Gasteiger partial charge on any atom is -0.492 e. The van der Waals surface area contributed by atoms with E-state index in [1.165, 1.54) is 6.42 Å². The molecule has 0 radical (unpaired) electrons. The molecule has 1 aromatic heterocycles. The lowest BCUT2D eigenvalue weighted by Crippen LogP contribution is -2.35. The molecule has 7 heteroatoms. The minimum atomic E-state index is -0.601. The highest BCUT2D eigenvalue weighted by Gasteiger charge is 2.38. The summed E-state index contributed by atoms with van der Waals surface area (Å²) in [5.74, 6) is 1.77. The molecular weight excluding hydrogens is 431 g/mol. The maximum atomic E-state index is 15.0. The zero-order valence-corrected chi connectivity index (χ0v) is 20.3. The molecule has 0 saturated carbocycles. The molecule has 34 heavy (non-hydrogen) atoms. The molecule has 0 bridgehead atoms. The van der Waals surface area contributed by atoms with Gasteiger partial charge in [-0.2, -0.15) is 0 Å². The molecule has 5 rings (SSSR count). The summed E-state index contributed by atoms with van der Waals surface area (Å²) in [7, 11) is 3.48. The first-order valence-electron chi connectivity index (χ1n) is 12.4. The molecule has 3 aliphatic rings. The number of rotatable bonds is 7. The van der Waals surface area contributed by atoms with Crippen molar-refractivity contribution < 1.29 is 13.9 Å². The zero-order chi connectivity index (χ0) is 23.7. The number of aromatic nitrogens is 1. The Balaban J connectivity index is 1.52. The van der Waals surface area contributed by atoms with Gasteiger partial charge in [-0.15, -0.1) is 0 Å². The number of nitrogens with one attached hydrogen (secondary N) is 2. The van der Waals surface area contributed by atoms with Crippen LogP contribution in [0.5, 0.6) is 5.75 Å². The van der Waals surface area contributed by atoms with Crippen LogP contribution in [-0.4, -0.2) is 64.6 Å². The fourth-order valence-corrected chi connectivity index (χ4v) is 5.65. The number of ether oxygens (including phenoxy) is 2. The maximum Gasteiger partial charge on any atom is 0.130 e. The van der Waals surface area contributed by atoms with E-state index < -0.39 is 6.10 Å². The second kappa shape index (κ2) is 10.0. The molecule has 182 valence electrons. The van der Waals surface area contributed by atoms with Crippen molar-refractivity contribution in [2.24, 2.45) is 11.8 Å². The van der Waals surface area contributed by atoms with Gasteiger partial charge < -0.3 is 25.0 Å². The maximum absolute atomic E-state index is 15.0. The number of hydrogen-bond donors (Lipinski definition) is 2. The van der Waals surface area contributed by atoms with Crippen LogP contribution in [0, 0.1) is 11.8 Å². The van der Waals surface area contributed by atoms with Crippen molar-refractivity contribution in [3.05, 3.63) is 47.4 Å². The Morgan fingerprint density at radius 1 is 1.21 bits per heavy atom. The van der Waals surface area contributed by atoms with E-state index in [0.29, 0.717) is 18.4 Å². The molecule has 4 atom stereocenters. The summed E-state index contributed by atoms with van der Waals surface area (Å²) in [6.07, 6.45) is 2.24. The van der Waals surface area contributed by atoms with Crippen molar-refractivity contribution in [1.29, 1.82) is 0 Å². The molecule has 6 nitrogen and oxygen atoms in total. The smallest absolute Gasteiger partial charge is 0.130 e. The van der Waals surface area contributed by atoms with Gasteiger partial charge in [0.2, 0.25) is 0 Å². The second-order valence-electron chi connectivity index (χ2n) is 9.69. The van der Waals surface area contributed by atoms with Crippen molar-refractivity contribution in [3.8, 4) is 17.0 Å². The lowest BCUT2D eigenvalue weighted by molar-refractivity contribution is 0.0921. The van der Waals surface area contributed by atoms with Gasteiger partial charge in [0.25, 0.3) is 0 Å². The Bertz CT molecular complexity index is 1030. The molecule has 2 fully saturated rings. The van der Waals surface area contributed by atoms with E-state index in [2.05, 4.69) is 33.7 Å². The van der Waals surface area contributed by atoms with Gasteiger partial charge in [0.1, 0.15) is 24.3 Å². The van der Waals surface area contributed by atoms with Gasteiger partial charge in [0.05, 0.1) is 11.4 Å². The van der Waals surface area contributed by atoms with Crippen LogP contribution in [0.4, 0.5) is 10.1 Å². The van der Waals surface area contributed by atoms with Crippen LogP contribution in [0.2, 0.25) is 0 Å². The number of pyridine rings is 1. The van der Waals surface area contributed by atoms with E-state index in [-0.39, 0.29) is 11.7 Å². The number of nitrogens with zero attached hydrogens (tertiary/aromatic N) is 2. The summed E-state index contributed by atoms with van der Waals surface area (Å²) in [6.45, 7) is 7.57. The van der Waals surface area contributed by atoms with Crippen molar-refractivity contribution in [1.82, 2.24) is 15.6 Å². The Morgan fingerprint density at radius 2 is 2.00 bits per heavy atom. The number of fused-ring (bicyclic) bond motifs is 2. The summed E-state index contributed by atoms with van der Waals surface area (Å²) in [5, 5.41) is 6.62. The summed E-state index contributed by atoms with van der Waals surface area (Å²) in [5.41, 5.74) is 4.82. The Hall–Kier alpha value is -2.48. The van der Waals surface area contributed by atoms with Gasteiger partial charge in [-0.25, -0.2) is 4.39 Å². The molecule has 2 saturated heterocycles. The standard InChI is InChI=1S/C27H35FN4O2/c1-17-26-22(12-23(28)27(17)33-3)25(32-15-19-8-9-30-14-20(19)16-32)13-24(31-26)18-4-6-21(7-5-18)34-11-10-29-2/h4-7,12-13,17,19-20,27,29-30H,8-11,14-16H2,1-3H3. The molecule has 0 amide bonds. The third-order valence-electron chi connectivity index (χ3n) is 7.55. The Labute approximate surface area is 201 Å². The molecule has 3 heterocycles. The average molecular weight is 467 g/mol. The van der Waals surface area contributed by atoms with Crippen LogP contribution in [0.25, 0.3) is 17.3 Å². The third kappa shape index (κ3) is 4.44. The predicted octanol–water partition coefficient (Wildman–Crippen LogP) is 3.84. The van der Waals surface area contributed by atoms with Crippen molar-refractivity contribution in [2.75, 3.05) is 58.4 Å². The number of hydrogen-bond acceptors (Lipinski definition) is 6. The summed E-state index contributed by atoms with van der Waals surface area (Å²) in [4.78, 5) is 7.49. The highest BCUT2D eigenvalue weighted by molar-refractivity contribution is 5.78. The number of benzene rings is 1. The molecule has 4 unspecified atom stereocenters. The highest BCUT2D eigenvalue weighted by atomic mass is 19.1. The molecule has 2 aliphatic heterocycles. The summed E-state index contributed by atoms with van der Waals surface area (Å²) >= 11 is 0. The Morgan fingerprint density at radius 3 is 2.74 bits per heavy atom. The van der Waals surface area contributed by atoms with Gasteiger partial charge in [-0.3, -0.25) is 4.98 Å². The lowest BCUT2D eigenvalue weighted by atomic mass is 9.88. The normalized spacial score (nSPS) is 26.1. The number of methoxy groups -OCH3 is 1. The van der Waals surface area contributed by atoms with Crippen molar-refractivity contribution in [3.63, 3.8) is 0 Å². The molecule has 1 aliphatic carbocycles. The largest absolute Gasteiger partial charge is 0.492 e. The number of likely N-dealkylation sites (N-methyl/N-ethyl adjacent to an activating group) is 1. The van der Waals surface area contributed by atoms with Gasteiger partial charge in [0.15, 0.2) is 0 Å². The monoisotopic (exact) mass is 466 g/mol. The van der Waals surface area contributed by atoms with Gasteiger partial charge in [-0.1, -0.05) is 6.92 Å². The minimum absolute atomic E-state index is 0.167. The lowest BCUT2D eigenvalue weighted by Gasteiger charge is -2.31. The van der Waals surface area contributed by atoms with E-state index in [0.717, 1.165) is 66.7 Å². The van der Waals surface area contributed by atoms with Crippen molar-refractivity contribution >= 4 is 11.8 Å². The van der Waals surface area contributed by atoms with E-state index in [4.69, 9.17) is 14.5 Å². The molecule has 1 aromatic carbocycles. The Kier molecular flexibility index (Phi) is 6.86. The second-order valence-corrected chi connectivity index (χ2v) is 9.69. The van der Waals surface area contributed by atoms with Crippen molar-refractivity contribution in [2.45, 2.75) is 25.4 Å². The van der Waals surface area contributed by atoms with Gasteiger partial charge in [0, 0.05) is 49.5 Å². The topological polar surface area (TPSA) is 58.7 Å². The first-order valence-corrected chi connectivity index (χ1v) is 12.4. The van der Waals surface area contributed by atoms with Gasteiger partial charge >= 0.3 is 0 Å². The van der Waals surface area contributed by atoms with Crippen LogP contribution in [0.15, 0.2) is 36.2 Å². The molecule has 2 N–H and O–H groups in total. The first-order chi connectivity index (χ1) is 16.6. The van der Waals surface area contributed by atoms with Gasteiger partial charge in [-0.05, 0) is 74.8 Å². The fourth-order valence-electron chi connectivity index (χ4n) is 5.65. The van der Waals surface area contributed by atoms with Crippen LogP contribution in [0.1, 0.15) is 30.5 Å². The quantitative estimate of drug-likeness (QED) is 0.605. The van der Waals surface area contributed by atoms with E-state index in [1.807, 2.05) is 26.1 Å². The highest BCUT2D eigenvalue weighted by Crippen LogP contribution is 2.43. The van der Waals surface area contributed by atoms with E-state index >= 15 is 0 Å². The number of anilines is 1. The molecule has 0 spiro atoms. The third-order valence-corrected chi connectivity index (χ3v) is 7.55. The molecular formula is C27H35FN4O2. The SMILES string of the molecule is CNCCOc1ccc(-c2cc(N3CC4CCNCC4C3)c3c(n2)C(C)C(OC)C(F)=C3)cc1. The number of piperidine rings is 1. The van der Waals surface area contributed by atoms with Crippen LogP contribution < -0.4 is 20.3 Å². The van der Waals surface area contributed by atoms with E-state index in [1.54, 1.807) is 13.2 Å². The fraction of sp³-hybridized carbons (Fsp3) is 0.519. The number of halogens is 1.